The predicted molar refractivity (Wildman–Crippen MR) is 95.0 cm³/mol. The van der Waals surface area contributed by atoms with Crippen molar-refractivity contribution < 1.29 is 0 Å². The van der Waals surface area contributed by atoms with Crippen molar-refractivity contribution in [3.63, 3.8) is 0 Å². The van der Waals surface area contributed by atoms with Gasteiger partial charge in [0.05, 0.1) is 27.6 Å². The summed E-state index contributed by atoms with van der Waals surface area (Å²) in [5, 5.41) is 0. The van der Waals surface area contributed by atoms with Crippen LogP contribution in [0.4, 0.5) is 0 Å². The summed E-state index contributed by atoms with van der Waals surface area (Å²) in [5.41, 5.74) is 5.85. The third kappa shape index (κ3) is 2.40. The van der Waals surface area contributed by atoms with Crippen molar-refractivity contribution in [3.8, 4) is 0 Å². The molecule has 0 saturated heterocycles. The molecular formula is C17H15N3S2. The molecule has 0 bridgehead atoms. The molecule has 0 N–H and O–H groups in total. The van der Waals surface area contributed by atoms with Crippen LogP contribution in [0.5, 0.6) is 0 Å². The molecular weight excluding hydrogens is 310 g/mol. The Morgan fingerprint density at radius 1 is 1.14 bits per heavy atom. The van der Waals surface area contributed by atoms with E-state index in [0.717, 1.165) is 21.9 Å². The number of fused-ring (bicyclic) bond motifs is 2. The van der Waals surface area contributed by atoms with Gasteiger partial charge in [0.2, 0.25) is 0 Å². The fraction of sp³-hybridized carbons (Fsp3) is 0.176. The van der Waals surface area contributed by atoms with Gasteiger partial charge in [-0.15, -0.1) is 11.3 Å². The monoisotopic (exact) mass is 325 g/mol. The van der Waals surface area contributed by atoms with Gasteiger partial charge in [-0.25, -0.2) is 9.97 Å². The summed E-state index contributed by atoms with van der Waals surface area (Å²) in [6.07, 6.45) is 3.99. The molecule has 22 heavy (non-hydrogen) atoms. The molecule has 0 aliphatic heterocycles. The molecule has 2 aromatic carbocycles. The highest BCUT2D eigenvalue weighted by Crippen LogP contribution is 2.29. The lowest BCUT2D eigenvalue weighted by Gasteiger charge is -2.05. The van der Waals surface area contributed by atoms with Crippen LogP contribution < -0.4 is 0 Å². The van der Waals surface area contributed by atoms with Gasteiger partial charge in [0.1, 0.15) is 0 Å². The van der Waals surface area contributed by atoms with Crippen molar-refractivity contribution in [3.05, 3.63) is 53.9 Å². The molecule has 0 spiro atoms. The molecule has 4 aromatic rings. The molecule has 2 heterocycles. The SMILES string of the molecule is CSc1nc2ccc(Cn3cnc4cc(C)ccc43)cc2s1. The molecule has 0 saturated carbocycles. The van der Waals surface area contributed by atoms with E-state index >= 15 is 0 Å². The van der Waals surface area contributed by atoms with Crippen molar-refractivity contribution in [2.75, 3.05) is 6.26 Å². The number of benzene rings is 2. The molecule has 4 rings (SSSR count). The normalized spacial score (nSPS) is 11.5. The van der Waals surface area contributed by atoms with Gasteiger partial charge in [-0.1, -0.05) is 23.9 Å². The number of rotatable bonds is 3. The second-order valence-electron chi connectivity index (χ2n) is 5.35. The molecule has 2 aromatic heterocycles. The Balaban J connectivity index is 1.72. The van der Waals surface area contributed by atoms with Crippen LogP contribution in [-0.4, -0.2) is 20.8 Å². The van der Waals surface area contributed by atoms with Gasteiger partial charge in [0, 0.05) is 6.54 Å². The fourth-order valence-corrected chi connectivity index (χ4v) is 4.18. The van der Waals surface area contributed by atoms with E-state index in [9.17, 15) is 0 Å². The predicted octanol–water partition coefficient (Wildman–Crippen LogP) is 4.72. The maximum absolute atomic E-state index is 4.59. The average Bonchev–Trinajstić information content (AvgIpc) is 3.10. The lowest BCUT2D eigenvalue weighted by molar-refractivity contribution is 0.826. The van der Waals surface area contributed by atoms with Crippen LogP contribution in [0.15, 0.2) is 47.1 Å². The van der Waals surface area contributed by atoms with E-state index in [2.05, 4.69) is 64.1 Å². The Morgan fingerprint density at radius 3 is 2.91 bits per heavy atom. The lowest BCUT2D eigenvalue weighted by atomic mass is 10.2. The van der Waals surface area contributed by atoms with Crippen LogP contribution in [0.2, 0.25) is 0 Å². The molecule has 3 nitrogen and oxygen atoms in total. The van der Waals surface area contributed by atoms with Gasteiger partial charge in [-0.2, -0.15) is 0 Å². The first-order valence-corrected chi connectivity index (χ1v) is 9.12. The van der Waals surface area contributed by atoms with E-state index < -0.39 is 0 Å². The largest absolute Gasteiger partial charge is 0.326 e. The Kier molecular flexibility index (Phi) is 3.39. The average molecular weight is 325 g/mol. The number of nitrogens with zero attached hydrogens (tertiary/aromatic N) is 3. The van der Waals surface area contributed by atoms with Gasteiger partial charge in [0.25, 0.3) is 0 Å². The standard InChI is InChI=1S/C17H15N3S2/c1-11-3-6-15-14(7-11)18-10-20(15)9-12-4-5-13-16(8-12)22-17(19-13)21-2/h3-8,10H,9H2,1-2H3. The molecule has 0 aliphatic carbocycles. The summed E-state index contributed by atoms with van der Waals surface area (Å²) < 4.78 is 4.57. The van der Waals surface area contributed by atoms with Gasteiger partial charge < -0.3 is 4.57 Å². The first kappa shape index (κ1) is 13.8. The Morgan fingerprint density at radius 2 is 2.05 bits per heavy atom. The molecule has 0 amide bonds. The second-order valence-corrected chi connectivity index (χ2v) is 7.43. The van der Waals surface area contributed by atoms with E-state index in [0.29, 0.717) is 0 Å². The molecule has 0 fully saturated rings. The minimum absolute atomic E-state index is 0.835. The van der Waals surface area contributed by atoms with E-state index in [1.54, 1.807) is 23.1 Å². The van der Waals surface area contributed by atoms with Crippen molar-refractivity contribution in [2.45, 2.75) is 17.8 Å². The molecule has 110 valence electrons. The highest BCUT2D eigenvalue weighted by molar-refractivity contribution is 8.00. The first-order chi connectivity index (χ1) is 10.7. The zero-order valence-corrected chi connectivity index (χ0v) is 14.0. The zero-order valence-electron chi connectivity index (χ0n) is 12.4. The number of thiazole rings is 1. The third-order valence-corrected chi connectivity index (χ3v) is 5.74. The molecule has 0 atom stereocenters. The summed E-state index contributed by atoms with van der Waals surface area (Å²) in [5.74, 6) is 0. The first-order valence-electron chi connectivity index (χ1n) is 7.08. The highest BCUT2D eigenvalue weighted by atomic mass is 32.2. The van der Waals surface area contributed by atoms with Crippen LogP contribution in [0.25, 0.3) is 21.3 Å². The Labute approximate surface area is 137 Å². The zero-order chi connectivity index (χ0) is 15.1. The second kappa shape index (κ2) is 5.41. The van der Waals surface area contributed by atoms with Crippen LogP contribution in [0.1, 0.15) is 11.1 Å². The molecule has 0 aliphatic rings. The number of hydrogen-bond acceptors (Lipinski definition) is 4. The Hall–Kier alpha value is -1.85. The van der Waals surface area contributed by atoms with Crippen LogP contribution in [-0.2, 0) is 6.54 Å². The number of aromatic nitrogens is 3. The van der Waals surface area contributed by atoms with Crippen molar-refractivity contribution >= 4 is 44.3 Å². The van der Waals surface area contributed by atoms with Crippen LogP contribution >= 0.6 is 23.1 Å². The molecule has 0 unspecified atom stereocenters. The quantitative estimate of drug-likeness (QED) is 0.510. The summed E-state index contributed by atoms with van der Waals surface area (Å²) in [7, 11) is 0. The van der Waals surface area contributed by atoms with Crippen molar-refractivity contribution in [2.24, 2.45) is 0 Å². The van der Waals surface area contributed by atoms with E-state index in [4.69, 9.17) is 0 Å². The van der Waals surface area contributed by atoms with E-state index in [1.165, 1.54) is 21.3 Å². The summed E-state index contributed by atoms with van der Waals surface area (Å²) in [4.78, 5) is 9.10. The van der Waals surface area contributed by atoms with Gasteiger partial charge >= 0.3 is 0 Å². The minimum atomic E-state index is 0.835. The van der Waals surface area contributed by atoms with E-state index in [1.807, 2.05) is 6.33 Å². The summed E-state index contributed by atoms with van der Waals surface area (Å²) in [6, 6.07) is 12.9. The van der Waals surface area contributed by atoms with Crippen LogP contribution in [0.3, 0.4) is 0 Å². The number of aryl methyl sites for hydroxylation is 1. The maximum Gasteiger partial charge on any atom is 0.150 e. The van der Waals surface area contributed by atoms with Crippen molar-refractivity contribution in [1.82, 2.24) is 14.5 Å². The summed E-state index contributed by atoms with van der Waals surface area (Å²) >= 11 is 3.46. The topological polar surface area (TPSA) is 30.7 Å². The lowest BCUT2D eigenvalue weighted by Crippen LogP contribution is -1.97. The third-order valence-electron chi connectivity index (χ3n) is 3.74. The van der Waals surface area contributed by atoms with Gasteiger partial charge in [-0.3, -0.25) is 0 Å². The van der Waals surface area contributed by atoms with Crippen molar-refractivity contribution in [1.29, 1.82) is 0 Å². The van der Waals surface area contributed by atoms with Gasteiger partial charge in [-0.05, 0) is 48.6 Å². The number of imidazole rings is 1. The molecule has 0 radical (unpaired) electrons. The minimum Gasteiger partial charge on any atom is -0.326 e. The number of hydrogen-bond donors (Lipinski definition) is 0. The summed E-state index contributed by atoms with van der Waals surface area (Å²) in [6.45, 7) is 2.93. The van der Waals surface area contributed by atoms with Crippen LogP contribution in [0, 0.1) is 6.92 Å². The Bertz CT molecular complexity index is 969. The fourth-order valence-electron chi connectivity index (χ4n) is 2.63. The molecule has 5 heteroatoms. The smallest absolute Gasteiger partial charge is 0.150 e. The van der Waals surface area contributed by atoms with Gasteiger partial charge in [0.15, 0.2) is 4.34 Å². The highest BCUT2D eigenvalue weighted by Gasteiger charge is 2.06. The number of thioether (sulfide) groups is 1. The maximum atomic E-state index is 4.59. The van der Waals surface area contributed by atoms with E-state index in [-0.39, 0.29) is 0 Å².